The van der Waals surface area contributed by atoms with Crippen LogP contribution < -0.4 is 0 Å². The highest BCUT2D eigenvalue weighted by Gasteiger charge is 2.35. The molecule has 10 aromatic rings. The molecule has 0 aliphatic heterocycles. The molecule has 3 heterocycles. The largest absolute Gasteiger partial charge is 0.456 e. The molecule has 0 fully saturated rings. The average Bonchev–Trinajstić information content (AvgIpc) is 3.82. The third-order valence-electron chi connectivity index (χ3n) is 11.1. The zero-order chi connectivity index (χ0) is 35.3. The lowest BCUT2D eigenvalue weighted by Crippen LogP contribution is -2.14. The van der Waals surface area contributed by atoms with Gasteiger partial charge < -0.3 is 8.98 Å². The van der Waals surface area contributed by atoms with E-state index in [0.29, 0.717) is 17.5 Å². The van der Waals surface area contributed by atoms with Crippen LogP contribution in [0.15, 0.2) is 162 Å². The van der Waals surface area contributed by atoms with Gasteiger partial charge in [-0.25, -0.2) is 15.0 Å². The van der Waals surface area contributed by atoms with Crippen molar-refractivity contribution in [2.24, 2.45) is 0 Å². The summed E-state index contributed by atoms with van der Waals surface area (Å²) in [5.41, 5.74) is 13.1. The summed E-state index contributed by atoms with van der Waals surface area (Å²) in [4.78, 5) is 15.2. The molecule has 0 radical (unpaired) electrons. The fraction of sp³-hybridized carbons (Fsp3) is 0.0625. The van der Waals surface area contributed by atoms with Gasteiger partial charge in [0.1, 0.15) is 11.2 Å². The maximum Gasteiger partial charge on any atom is 0.164 e. The molecule has 1 aliphatic rings. The Labute approximate surface area is 305 Å². The number of fused-ring (bicyclic) bond motifs is 9. The number of furan rings is 1. The molecule has 0 spiro atoms. The van der Waals surface area contributed by atoms with Gasteiger partial charge in [0.15, 0.2) is 17.5 Å². The van der Waals surface area contributed by atoms with Gasteiger partial charge >= 0.3 is 0 Å². The number of para-hydroxylation sites is 2. The van der Waals surface area contributed by atoms with E-state index in [2.05, 4.69) is 146 Å². The first-order valence-corrected chi connectivity index (χ1v) is 18.0. The Bertz CT molecular complexity index is 3080. The topological polar surface area (TPSA) is 56.7 Å². The summed E-state index contributed by atoms with van der Waals surface area (Å²) in [6.07, 6.45) is 0. The van der Waals surface area contributed by atoms with Crippen LogP contribution in [0, 0.1) is 0 Å². The monoisotopic (exact) mass is 680 g/mol. The van der Waals surface area contributed by atoms with Gasteiger partial charge in [-0.1, -0.05) is 117 Å². The molecule has 0 atom stereocenters. The molecule has 0 unspecified atom stereocenters. The first-order chi connectivity index (χ1) is 26.0. The van der Waals surface area contributed by atoms with Crippen LogP contribution in [0.5, 0.6) is 0 Å². The van der Waals surface area contributed by atoms with Gasteiger partial charge in [-0.15, -0.1) is 0 Å². The highest BCUT2D eigenvalue weighted by Crippen LogP contribution is 2.49. The fourth-order valence-corrected chi connectivity index (χ4v) is 8.43. The van der Waals surface area contributed by atoms with Crippen molar-refractivity contribution in [1.82, 2.24) is 19.5 Å². The molecular weight excluding hydrogens is 649 g/mol. The smallest absolute Gasteiger partial charge is 0.164 e. The van der Waals surface area contributed by atoms with Gasteiger partial charge in [0, 0.05) is 49.3 Å². The minimum absolute atomic E-state index is 0.0691. The van der Waals surface area contributed by atoms with E-state index in [1.165, 1.54) is 27.6 Å². The summed E-state index contributed by atoms with van der Waals surface area (Å²) < 4.78 is 8.63. The summed E-state index contributed by atoms with van der Waals surface area (Å²) in [5, 5.41) is 4.57. The van der Waals surface area contributed by atoms with E-state index >= 15 is 0 Å². The molecule has 0 saturated carbocycles. The van der Waals surface area contributed by atoms with Gasteiger partial charge in [0.05, 0.1) is 11.0 Å². The van der Waals surface area contributed by atoms with Crippen LogP contribution in [0.2, 0.25) is 0 Å². The molecule has 53 heavy (non-hydrogen) atoms. The summed E-state index contributed by atoms with van der Waals surface area (Å²) in [6.45, 7) is 4.60. The first kappa shape index (κ1) is 29.8. The Hall–Kier alpha value is -6.85. The standard InChI is InChI=1S/C48H32N4O/c1-48(2)39-17-9-6-14-33(39)36-26-31(22-25-40(36)48)47-50-45(29-12-4-3-5-13-29)49-46(51-47)30-20-23-32(24-21-30)52-41-18-10-7-15-34(41)37-28-44-38(27-42(37)52)35-16-8-11-19-43(35)53-44/h3-28H,1-2H3. The lowest BCUT2D eigenvalue weighted by molar-refractivity contribution is 0.660. The van der Waals surface area contributed by atoms with Crippen molar-refractivity contribution < 1.29 is 4.42 Å². The summed E-state index contributed by atoms with van der Waals surface area (Å²) in [7, 11) is 0. The minimum Gasteiger partial charge on any atom is -0.456 e. The maximum absolute atomic E-state index is 6.29. The molecule has 7 aromatic carbocycles. The third kappa shape index (κ3) is 4.47. The Morgan fingerprint density at radius 1 is 0.434 bits per heavy atom. The van der Waals surface area contributed by atoms with Crippen molar-refractivity contribution in [3.63, 3.8) is 0 Å². The Morgan fingerprint density at radius 3 is 1.87 bits per heavy atom. The Kier molecular flexibility index (Phi) is 6.23. The van der Waals surface area contributed by atoms with Crippen molar-refractivity contribution in [3.05, 3.63) is 169 Å². The van der Waals surface area contributed by atoms with Crippen molar-refractivity contribution >= 4 is 43.7 Å². The van der Waals surface area contributed by atoms with Crippen LogP contribution in [-0.4, -0.2) is 19.5 Å². The summed E-state index contributed by atoms with van der Waals surface area (Å²) in [6, 6.07) is 55.4. The predicted molar refractivity (Wildman–Crippen MR) is 215 cm³/mol. The lowest BCUT2D eigenvalue weighted by Gasteiger charge is -2.21. The molecule has 1 aliphatic carbocycles. The number of nitrogens with zero attached hydrogens (tertiary/aromatic N) is 4. The summed E-state index contributed by atoms with van der Waals surface area (Å²) in [5.74, 6) is 1.94. The normalized spacial score (nSPS) is 13.2. The van der Waals surface area contributed by atoms with Crippen LogP contribution in [0.1, 0.15) is 25.0 Å². The zero-order valence-corrected chi connectivity index (χ0v) is 29.2. The number of hydrogen-bond donors (Lipinski definition) is 0. The lowest BCUT2D eigenvalue weighted by atomic mass is 9.82. The second-order valence-electron chi connectivity index (χ2n) is 14.5. The van der Waals surface area contributed by atoms with Gasteiger partial charge in [-0.05, 0) is 76.9 Å². The Morgan fingerprint density at radius 2 is 1.06 bits per heavy atom. The maximum atomic E-state index is 6.29. The molecule has 0 N–H and O–H groups in total. The molecule has 5 heteroatoms. The van der Waals surface area contributed by atoms with Crippen LogP contribution in [0.3, 0.4) is 0 Å². The van der Waals surface area contributed by atoms with E-state index in [4.69, 9.17) is 19.4 Å². The quantitative estimate of drug-likeness (QED) is 0.186. The van der Waals surface area contributed by atoms with Gasteiger partial charge in [-0.3, -0.25) is 0 Å². The van der Waals surface area contributed by atoms with Gasteiger partial charge in [-0.2, -0.15) is 0 Å². The van der Waals surface area contributed by atoms with Crippen molar-refractivity contribution in [1.29, 1.82) is 0 Å². The number of rotatable bonds is 4. The molecule has 0 amide bonds. The number of aromatic nitrogens is 4. The molecule has 0 saturated heterocycles. The SMILES string of the molecule is CC1(C)c2ccccc2-c2cc(-c3nc(-c4ccccc4)nc(-c4ccc(-n5c6ccccc6c6cc7oc8ccccc8c7cc65)cc4)n3)ccc21. The minimum atomic E-state index is -0.0691. The van der Waals surface area contributed by atoms with E-state index in [-0.39, 0.29) is 5.41 Å². The molecule has 250 valence electrons. The van der Waals surface area contributed by atoms with E-state index in [9.17, 15) is 0 Å². The summed E-state index contributed by atoms with van der Waals surface area (Å²) >= 11 is 0. The van der Waals surface area contributed by atoms with Crippen molar-refractivity contribution in [2.45, 2.75) is 19.3 Å². The van der Waals surface area contributed by atoms with Gasteiger partial charge in [0.25, 0.3) is 0 Å². The molecule has 0 bridgehead atoms. The second-order valence-corrected chi connectivity index (χ2v) is 14.5. The number of benzene rings is 7. The predicted octanol–water partition coefficient (Wildman–Crippen LogP) is 12.2. The fourth-order valence-electron chi connectivity index (χ4n) is 8.43. The van der Waals surface area contributed by atoms with E-state index in [0.717, 1.165) is 60.7 Å². The first-order valence-electron chi connectivity index (χ1n) is 18.0. The van der Waals surface area contributed by atoms with Crippen molar-refractivity contribution in [3.8, 4) is 51.0 Å². The molecule has 3 aromatic heterocycles. The van der Waals surface area contributed by atoms with Crippen LogP contribution in [-0.2, 0) is 5.41 Å². The van der Waals surface area contributed by atoms with Gasteiger partial charge in [0.2, 0.25) is 0 Å². The highest BCUT2D eigenvalue weighted by molar-refractivity contribution is 6.17. The van der Waals surface area contributed by atoms with E-state index in [1.807, 2.05) is 30.3 Å². The van der Waals surface area contributed by atoms with Crippen LogP contribution in [0.4, 0.5) is 0 Å². The van der Waals surface area contributed by atoms with Crippen LogP contribution in [0.25, 0.3) is 94.7 Å². The van der Waals surface area contributed by atoms with E-state index in [1.54, 1.807) is 0 Å². The zero-order valence-electron chi connectivity index (χ0n) is 29.2. The molecule has 11 rings (SSSR count). The molecule has 5 nitrogen and oxygen atoms in total. The average molecular weight is 681 g/mol. The highest BCUT2D eigenvalue weighted by atomic mass is 16.3. The second kappa shape index (κ2) is 11.1. The molecular formula is C48H32N4O. The third-order valence-corrected chi connectivity index (χ3v) is 11.1. The Balaban J connectivity index is 1.06. The van der Waals surface area contributed by atoms with Crippen molar-refractivity contribution in [2.75, 3.05) is 0 Å². The van der Waals surface area contributed by atoms with Crippen LogP contribution >= 0.6 is 0 Å². The van der Waals surface area contributed by atoms with E-state index < -0.39 is 0 Å². The number of hydrogen-bond acceptors (Lipinski definition) is 4.